The number of benzene rings is 1. The van der Waals surface area contributed by atoms with Gasteiger partial charge < -0.3 is 19.5 Å². The van der Waals surface area contributed by atoms with Gasteiger partial charge in [0.15, 0.2) is 0 Å². The van der Waals surface area contributed by atoms with Gasteiger partial charge in [0.1, 0.15) is 24.1 Å². The second-order valence-corrected chi connectivity index (χ2v) is 7.11. The Balaban J connectivity index is 1.65. The van der Waals surface area contributed by atoms with Crippen LogP contribution >= 0.6 is 0 Å². The van der Waals surface area contributed by atoms with Crippen molar-refractivity contribution in [3.05, 3.63) is 29.4 Å². The average Bonchev–Trinajstić information content (AvgIpc) is 3.30. The molecule has 1 aromatic heterocycles. The molecule has 2 aliphatic rings. The van der Waals surface area contributed by atoms with E-state index in [4.69, 9.17) is 4.74 Å². The lowest BCUT2D eigenvalue weighted by molar-refractivity contribution is -0.159. The fourth-order valence-corrected chi connectivity index (χ4v) is 3.43. The first-order chi connectivity index (χ1) is 14.1. The molecule has 8 nitrogen and oxygen atoms in total. The summed E-state index contributed by atoms with van der Waals surface area (Å²) in [5, 5.41) is 5.84. The Kier molecular flexibility index (Phi) is 4.86. The number of fused-ring (bicyclic) bond motifs is 1. The molecule has 1 N–H and O–H groups in total. The SMILES string of the molecule is C[C@@H]1COc2cc(-c3noc(C(F)(F)F)n3)cc(F)c2CN1C(=O)[C@@H]1CCNC1=O. The number of carbonyl (C=O) groups is 2. The van der Waals surface area contributed by atoms with E-state index in [2.05, 4.69) is 20.0 Å². The summed E-state index contributed by atoms with van der Waals surface area (Å²) in [6, 6.07) is 1.80. The highest BCUT2D eigenvalue weighted by atomic mass is 19.4. The molecule has 0 spiro atoms. The Bertz CT molecular complexity index is 1010. The van der Waals surface area contributed by atoms with Crippen molar-refractivity contribution in [3.8, 4) is 17.1 Å². The molecule has 1 aromatic carbocycles. The average molecular weight is 428 g/mol. The van der Waals surface area contributed by atoms with E-state index < -0.39 is 41.6 Å². The third-order valence-electron chi connectivity index (χ3n) is 5.05. The maximum absolute atomic E-state index is 14.9. The smallest absolute Gasteiger partial charge is 0.471 e. The van der Waals surface area contributed by atoms with Gasteiger partial charge in [0.25, 0.3) is 0 Å². The molecule has 12 heteroatoms. The zero-order valence-electron chi connectivity index (χ0n) is 15.6. The summed E-state index contributed by atoms with van der Waals surface area (Å²) in [6.07, 6.45) is -4.47. The Morgan fingerprint density at radius 2 is 2.10 bits per heavy atom. The molecule has 0 unspecified atom stereocenters. The molecule has 0 radical (unpaired) electrons. The number of carbonyl (C=O) groups excluding carboxylic acids is 2. The van der Waals surface area contributed by atoms with Crippen LogP contribution in [0.1, 0.15) is 24.8 Å². The molecule has 2 atom stereocenters. The lowest BCUT2D eigenvalue weighted by Crippen LogP contribution is -2.45. The Labute approximate surface area is 167 Å². The first-order valence-electron chi connectivity index (χ1n) is 9.10. The first kappa shape index (κ1) is 20.1. The van der Waals surface area contributed by atoms with E-state index in [0.717, 1.165) is 6.07 Å². The van der Waals surface area contributed by atoms with E-state index in [1.807, 2.05) is 0 Å². The van der Waals surface area contributed by atoms with E-state index >= 15 is 0 Å². The highest BCUT2D eigenvalue weighted by Crippen LogP contribution is 2.35. The lowest BCUT2D eigenvalue weighted by atomic mass is 10.0. The van der Waals surface area contributed by atoms with Gasteiger partial charge in [0.05, 0.1) is 12.6 Å². The zero-order valence-corrected chi connectivity index (χ0v) is 15.6. The summed E-state index contributed by atoms with van der Waals surface area (Å²) < 4.78 is 62.7. The third kappa shape index (κ3) is 3.57. The van der Waals surface area contributed by atoms with Crippen molar-refractivity contribution in [3.63, 3.8) is 0 Å². The number of aromatic nitrogens is 2. The third-order valence-corrected chi connectivity index (χ3v) is 5.05. The monoisotopic (exact) mass is 428 g/mol. The molecule has 4 rings (SSSR count). The normalized spacial score (nSPS) is 21.6. The van der Waals surface area contributed by atoms with Crippen LogP contribution in [0, 0.1) is 11.7 Å². The van der Waals surface area contributed by atoms with Crippen LogP contribution in [0.4, 0.5) is 17.6 Å². The predicted molar refractivity (Wildman–Crippen MR) is 91.3 cm³/mol. The van der Waals surface area contributed by atoms with Gasteiger partial charge in [-0.25, -0.2) is 4.39 Å². The van der Waals surface area contributed by atoms with Crippen LogP contribution in [-0.4, -0.2) is 46.0 Å². The minimum absolute atomic E-state index is 0.00994. The second kappa shape index (κ2) is 7.26. The van der Waals surface area contributed by atoms with Gasteiger partial charge >= 0.3 is 12.1 Å². The summed E-state index contributed by atoms with van der Waals surface area (Å²) in [5.41, 5.74) is -0.0116. The Morgan fingerprint density at radius 3 is 2.73 bits per heavy atom. The molecule has 2 aromatic rings. The quantitative estimate of drug-likeness (QED) is 0.582. The van der Waals surface area contributed by atoms with Gasteiger partial charge in [-0.05, 0) is 25.5 Å². The van der Waals surface area contributed by atoms with Crippen LogP contribution in [-0.2, 0) is 22.3 Å². The van der Waals surface area contributed by atoms with Crippen LogP contribution in [0.15, 0.2) is 16.7 Å². The van der Waals surface area contributed by atoms with E-state index in [-0.39, 0.29) is 35.9 Å². The van der Waals surface area contributed by atoms with Gasteiger partial charge in [-0.15, -0.1) is 0 Å². The van der Waals surface area contributed by atoms with Crippen LogP contribution in [0.3, 0.4) is 0 Å². The van der Waals surface area contributed by atoms with Gasteiger partial charge in [0.2, 0.25) is 17.6 Å². The van der Waals surface area contributed by atoms with Gasteiger partial charge in [-0.1, -0.05) is 5.16 Å². The number of nitrogens with zero attached hydrogens (tertiary/aromatic N) is 3. The van der Waals surface area contributed by atoms with Crippen LogP contribution in [0.25, 0.3) is 11.4 Å². The van der Waals surface area contributed by atoms with Crippen molar-refractivity contribution in [1.82, 2.24) is 20.4 Å². The summed E-state index contributed by atoms with van der Waals surface area (Å²) >= 11 is 0. The van der Waals surface area contributed by atoms with E-state index in [1.165, 1.54) is 11.0 Å². The highest BCUT2D eigenvalue weighted by Gasteiger charge is 2.39. The Hall–Kier alpha value is -3.18. The number of ether oxygens (including phenoxy) is 1. The molecule has 2 amide bonds. The summed E-state index contributed by atoms with van der Waals surface area (Å²) in [6.45, 7) is 1.96. The maximum atomic E-state index is 14.9. The Morgan fingerprint density at radius 1 is 1.33 bits per heavy atom. The zero-order chi connectivity index (χ0) is 21.6. The van der Waals surface area contributed by atoms with Crippen molar-refractivity contribution in [2.75, 3.05) is 13.2 Å². The maximum Gasteiger partial charge on any atom is 0.471 e. The number of nitrogens with one attached hydrogen (secondary N) is 1. The second-order valence-electron chi connectivity index (χ2n) is 7.11. The van der Waals surface area contributed by atoms with Crippen LogP contribution in [0.5, 0.6) is 5.75 Å². The molecule has 1 fully saturated rings. The van der Waals surface area contributed by atoms with Gasteiger partial charge in [-0.3, -0.25) is 9.59 Å². The fourth-order valence-electron chi connectivity index (χ4n) is 3.43. The lowest BCUT2D eigenvalue weighted by Gasteiger charge is -2.28. The summed E-state index contributed by atoms with van der Waals surface area (Å²) in [5.74, 6) is -4.37. The molecular weight excluding hydrogens is 412 g/mol. The molecule has 160 valence electrons. The van der Waals surface area contributed by atoms with Crippen molar-refractivity contribution in [2.45, 2.75) is 32.1 Å². The van der Waals surface area contributed by atoms with Gasteiger partial charge in [-0.2, -0.15) is 18.2 Å². The largest absolute Gasteiger partial charge is 0.491 e. The number of halogens is 4. The molecule has 0 saturated carbocycles. The topological polar surface area (TPSA) is 97.6 Å². The van der Waals surface area contributed by atoms with Crippen molar-refractivity contribution >= 4 is 11.8 Å². The number of alkyl halides is 3. The minimum atomic E-state index is -4.82. The van der Waals surface area contributed by atoms with E-state index in [1.54, 1.807) is 6.92 Å². The number of amides is 2. The number of hydrogen-bond donors (Lipinski definition) is 1. The predicted octanol–water partition coefficient (Wildman–Crippen LogP) is 2.14. The molecule has 30 heavy (non-hydrogen) atoms. The molecule has 1 saturated heterocycles. The number of hydrogen-bond acceptors (Lipinski definition) is 6. The fraction of sp³-hybridized carbons (Fsp3) is 0.444. The van der Waals surface area contributed by atoms with Crippen LogP contribution in [0.2, 0.25) is 0 Å². The van der Waals surface area contributed by atoms with Gasteiger partial charge in [0, 0.05) is 17.7 Å². The van der Waals surface area contributed by atoms with Crippen molar-refractivity contribution < 1.29 is 36.4 Å². The van der Waals surface area contributed by atoms with Crippen LogP contribution < -0.4 is 10.1 Å². The summed E-state index contributed by atoms with van der Waals surface area (Å²) in [4.78, 5) is 29.3. The minimum Gasteiger partial charge on any atom is -0.491 e. The van der Waals surface area contributed by atoms with E-state index in [9.17, 15) is 27.2 Å². The standard InChI is InChI=1S/C18H16F4N4O4/c1-8-7-29-13-5-9(14-24-17(30-25-14)18(20,21)22)4-12(19)11(13)6-26(8)16(28)10-2-3-23-15(10)27/h4-5,8,10H,2-3,6-7H2,1H3,(H,23,27)/t8-,10-/m1/s1. The first-order valence-corrected chi connectivity index (χ1v) is 9.10. The van der Waals surface area contributed by atoms with Crippen molar-refractivity contribution in [1.29, 1.82) is 0 Å². The molecule has 0 bridgehead atoms. The summed E-state index contributed by atoms with van der Waals surface area (Å²) in [7, 11) is 0. The molecular formula is C18H16F4N4O4. The van der Waals surface area contributed by atoms with E-state index in [0.29, 0.717) is 13.0 Å². The highest BCUT2D eigenvalue weighted by molar-refractivity contribution is 6.01. The van der Waals surface area contributed by atoms with Crippen molar-refractivity contribution in [2.24, 2.45) is 5.92 Å². The molecule has 2 aliphatic heterocycles. The molecule has 0 aliphatic carbocycles. The molecule has 3 heterocycles. The number of rotatable bonds is 2.